The molecule has 1 fully saturated rings. The third-order valence-corrected chi connectivity index (χ3v) is 5.01. The number of thioether (sulfide) groups is 1. The van der Waals surface area contributed by atoms with Crippen molar-refractivity contribution in [1.82, 2.24) is 15.2 Å². The molecule has 6 nitrogen and oxygen atoms in total. The molecule has 3 aromatic rings. The topological polar surface area (TPSA) is 79.9 Å². The number of carbonyl (C=O) groups is 1. The first-order chi connectivity index (χ1) is 11.8. The number of anilines is 1. The Balaban J connectivity index is 1.55. The van der Waals surface area contributed by atoms with E-state index in [0.29, 0.717) is 17.1 Å². The third-order valence-electron chi connectivity index (χ3n) is 3.88. The van der Waals surface area contributed by atoms with Crippen molar-refractivity contribution in [2.75, 3.05) is 16.8 Å². The van der Waals surface area contributed by atoms with Crippen molar-refractivity contribution in [2.45, 2.75) is 12.5 Å². The van der Waals surface area contributed by atoms with Gasteiger partial charge in [-0.25, -0.2) is 4.98 Å². The number of nitrogens with one attached hydrogen (secondary N) is 2. The molecule has 4 rings (SSSR count). The molecule has 2 N–H and O–H groups in total. The van der Waals surface area contributed by atoms with Crippen molar-refractivity contribution in [3.63, 3.8) is 0 Å². The van der Waals surface area contributed by atoms with Crippen LogP contribution >= 0.6 is 11.8 Å². The number of hydrogen-bond acceptors (Lipinski definition) is 5. The standard InChI is InChI=1S/C17H16N4O2S/c22-16(20-12-4-3-11-9-19-21-15(11)8-12)14-2-1-6-18-17(14)23-13-5-7-24-10-13/h1-4,6,8-9,13H,5,7,10H2,(H,19,21)(H,20,22)/t13-/m1/s1. The Hall–Kier alpha value is -2.54. The molecule has 2 aromatic heterocycles. The van der Waals surface area contributed by atoms with Crippen LogP contribution in [0.1, 0.15) is 16.8 Å². The first kappa shape index (κ1) is 15.0. The molecule has 0 radical (unpaired) electrons. The number of pyridine rings is 1. The molecule has 1 aromatic carbocycles. The van der Waals surface area contributed by atoms with E-state index in [9.17, 15) is 4.79 Å². The van der Waals surface area contributed by atoms with Gasteiger partial charge in [0.1, 0.15) is 11.7 Å². The second kappa shape index (κ2) is 6.52. The fraction of sp³-hybridized carbons (Fsp3) is 0.235. The van der Waals surface area contributed by atoms with E-state index in [2.05, 4.69) is 20.5 Å². The third kappa shape index (κ3) is 3.07. The van der Waals surface area contributed by atoms with Gasteiger partial charge in [0.2, 0.25) is 5.88 Å². The van der Waals surface area contributed by atoms with E-state index in [1.807, 2.05) is 30.0 Å². The van der Waals surface area contributed by atoms with E-state index in [0.717, 1.165) is 28.8 Å². The minimum absolute atomic E-state index is 0.123. The molecule has 0 saturated carbocycles. The van der Waals surface area contributed by atoms with Crippen LogP contribution in [0.15, 0.2) is 42.7 Å². The molecule has 0 unspecified atom stereocenters. The molecule has 1 aliphatic rings. The summed E-state index contributed by atoms with van der Waals surface area (Å²) in [4.78, 5) is 16.9. The fourth-order valence-corrected chi connectivity index (χ4v) is 3.73. The van der Waals surface area contributed by atoms with Crippen molar-refractivity contribution < 1.29 is 9.53 Å². The fourth-order valence-electron chi connectivity index (χ4n) is 2.63. The van der Waals surface area contributed by atoms with Crippen LogP contribution in [0.4, 0.5) is 5.69 Å². The summed E-state index contributed by atoms with van der Waals surface area (Å²) in [6.45, 7) is 0. The van der Waals surface area contributed by atoms with Gasteiger partial charge in [0.05, 0.1) is 11.7 Å². The predicted octanol–water partition coefficient (Wildman–Crippen LogP) is 3.09. The predicted molar refractivity (Wildman–Crippen MR) is 94.6 cm³/mol. The average Bonchev–Trinajstić information content (AvgIpc) is 3.26. The van der Waals surface area contributed by atoms with E-state index >= 15 is 0 Å². The zero-order chi connectivity index (χ0) is 16.4. The van der Waals surface area contributed by atoms with E-state index < -0.39 is 0 Å². The van der Waals surface area contributed by atoms with E-state index in [1.165, 1.54) is 0 Å². The van der Waals surface area contributed by atoms with Crippen molar-refractivity contribution >= 4 is 34.3 Å². The van der Waals surface area contributed by atoms with Crippen LogP contribution in [0, 0.1) is 0 Å². The van der Waals surface area contributed by atoms with Crippen LogP contribution in [0.25, 0.3) is 10.9 Å². The first-order valence-electron chi connectivity index (χ1n) is 7.73. The number of H-pyrrole nitrogens is 1. The van der Waals surface area contributed by atoms with Gasteiger partial charge >= 0.3 is 0 Å². The van der Waals surface area contributed by atoms with E-state index in [1.54, 1.807) is 24.5 Å². The van der Waals surface area contributed by atoms with Gasteiger partial charge in [-0.1, -0.05) is 0 Å². The maximum absolute atomic E-state index is 12.6. The van der Waals surface area contributed by atoms with Crippen LogP contribution < -0.4 is 10.1 Å². The lowest BCUT2D eigenvalue weighted by molar-refractivity contribution is 0.101. The maximum atomic E-state index is 12.6. The van der Waals surface area contributed by atoms with Gasteiger partial charge < -0.3 is 10.1 Å². The SMILES string of the molecule is O=C(Nc1ccc2cn[nH]c2c1)c1cccnc1O[C@@H]1CCSC1. The first-order valence-corrected chi connectivity index (χ1v) is 8.89. The molecule has 1 amide bonds. The number of nitrogens with zero attached hydrogens (tertiary/aromatic N) is 2. The Kier molecular flexibility index (Phi) is 4.08. The number of aromatic amines is 1. The van der Waals surface area contributed by atoms with Crippen LogP contribution in [-0.4, -0.2) is 38.7 Å². The number of rotatable bonds is 4. The largest absolute Gasteiger partial charge is 0.473 e. The van der Waals surface area contributed by atoms with Crippen molar-refractivity contribution in [3.05, 3.63) is 48.3 Å². The summed E-state index contributed by atoms with van der Waals surface area (Å²) in [5, 5.41) is 10.8. The zero-order valence-electron chi connectivity index (χ0n) is 12.9. The van der Waals surface area contributed by atoms with Gasteiger partial charge in [0.25, 0.3) is 5.91 Å². The average molecular weight is 340 g/mol. The lowest BCUT2D eigenvalue weighted by atomic mass is 10.2. The Morgan fingerprint density at radius 2 is 2.33 bits per heavy atom. The van der Waals surface area contributed by atoms with Crippen LogP contribution in [-0.2, 0) is 0 Å². The lowest BCUT2D eigenvalue weighted by Crippen LogP contribution is -2.20. The van der Waals surface area contributed by atoms with Gasteiger partial charge in [0, 0.05) is 23.0 Å². The molecule has 24 heavy (non-hydrogen) atoms. The Labute approximate surface area is 143 Å². The maximum Gasteiger partial charge on any atom is 0.261 e. The van der Waals surface area contributed by atoms with Crippen molar-refractivity contribution in [3.8, 4) is 5.88 Å². The summed E-state index contributed by atoms with van der Waals surface area (Å²) in [5.74, 6) is 2.19. The molecule has 1 saturated heterocycles. The molecule has 1 aliphatic heterocycles. The molecular weight excluding hydrogens is 324 g/mol. The van der Waals surface area contributed by atoms with Crippen LogP contribution in [0.2, 0.25) is 0 Å². The van der Waals surface area contributed by atoms with E-state index in [4.69, 9.17) is 4.74 Å². The number of amides is 1. The lowest BCUT2D eigenvalue weighted by Gasteiger charge is -2.14. The molecule has 0 bridgehead atoms. The number of hydrogen-bond donors (Lipinski definition) is 2. The molecule has 1 atom stereocenters. The molecule has 7 heteroatoms. The highest BCUT2D eigenvalue weighted by atomic mass is 32.2. The Morgan fingerprint density at radius 3 is 3.21 bits per heavy atom. The second-order valence-electron chi connectivity index (χ2n) is 5.59. The molecule has 0 aliphatic carbocycles. The molecular formula is C17H16N4O2S. The number of fused-ring (bicyclic) bond motifs is 1. The van der Waals surface area contributed by atoms with Gasteiger partial charge in [-0.3, -0.25) is 9.89 Å². The van der Waals surface area contributed by atoms with Gasteiger partial charge in [-0.05, 0) is 42.5 Å². The highest BCUT2D eigenvalue weighted by Gasteiger charge is 2.21. The van der Waals surface area contributed by atoms with Gasteiger partial charge in [-0.2, -0.15) is 16.9 Å². The summed E-state index contributed by atoms with van der Waals surface area (Å²) < 4.78 is 5.91. The van der Waals surface area contributed by atoms with Crippen molar-refractivity contribution in [2.24, 2.45) is 0 Å². The minimum atomic E-state index is -0.234. The summed E-state index contributed by atoms with van der Waals surface area (Å²) >= 11 is 1.86. The van der Waals surface area contributed by atoms with E-state index in [-0.39, 0.29) is 12.0 Å². The highest BCUT2D eigenvalue weighted by molar-refractivity contribution is 7.99. The molecule has 122 valence electrons. The Morgan fingerprint density at radius 1 is 1.38 bits per heavy atom. The van der Waals surface area contributed by atoms with Crippen LogP contribution in [0.5, 0.6) is 5.88 Å². The second-order valence-corrected chi connectivity index (χ2v) is 6.74. The summed E-state index contributed by atoms with van der Waals surface area (Å²) in [6.07, 6.45) is 4.50. The summed E-state index contributed by atoms with van der Waals surface area (Å²) in [6, 6.07) is 9.08. The molecule has 3 heterocycles. The zero-order valence-corrected chi connectivity index (χ0v) is 13.7. The van der Waals surface area contributed by atoms with Gasteiger partial charge in [-0.15, -0.1) is 0 Å². The van der Waals surface area contributed by atoms with Gasteiger partial charge in [0.15, 0.2) is 0 Å². The normalized spacial score (nSPS) is 17.1. The monoisotopic (exact) mass is 340 g/mol. The van der Waals surface area contributed by atoms with Crippen molar-refractivity contribution in [1.29, 1.82) is 0 Å². The summed E-state index contributed by atoms with van der Waals surface area (Å²) in [7, 11) is 0. The minimum Gasteiger partial charge on any atom is -0.473 e. The Bertz CT molecular complexity index is 874. The number of carbonyl (C=O) groups excluding carboxylic acids is 1. The number of aromatic nitrogens is 3. The highest BCUT2D eigenvalue weighted by Crippen LogP contribution is 2.25. The van der Waals surface area contributed by atoms with Crippen LogP contribution in [0.3, 0.4) is 0 Å². The molecule has 0 spiro atoms. The summed E-state index contributed by atoms with van der Waals surface area (Å²) in [5.41, 5.74) is 2.01. The number of benzene rings is 1. The smallest absolute Gasteiger partial charge is 0.261 e. The number of ether oxygens (including phenoxy) is 1. The quantitative estimate of drug-likeness (QED) is 0.763.